The lowest BCUT2D eigenvalue weighted by Gasteiger charge is -2.15. The first kappa shape index (κ1) is 12.6. The second-order valence-corrected chi connectivity index (χ2v) is 4.05. The van der Waals surface area contributed by atoms with Crippen molar-refractivity contribution in [2.45, 2.75) is 6.54 Å². The fourth-order valence-electron chi connectivity index (χ4n) is 1.59. The van der Waals surface area contributed by atoms with Gasteiger partial charge in [0.05, 0.1) is 6.54 Å². The minimum absolute atomic E-state index is 0.295. The number of nitrogens with one attached hydrogen (secondary N) is 1. The highest BCUT2D eigenvalue weighted by Crippen LogP contribution is 2.14. The smallest absolute Gasteiger partial charge is 0.165 e. The molecule has 0 spiro atoms. The van der Waals surface area contributed by atoms with Crippen molar-refractivity contribution in [3.05, 3.63) is 48.3 Å². The molecule has 0 fully saturated rings. The van der Waals surface area contributed by atoms with Gasteiger partial charge in [0.1, 0.15) is 12.4 Å². The van der Waals surface area contributed by atoms with E-state index in [-0.39, 0.29) is 5.82 Å². The maximum atomic E-state index is 13.3. The van der Waals surface area contributed by atoms with Crippen LogP contribution in [-0.4, -0.2) is 35.1 Å². The van der Waals surface area contributed by atoms with E-state index in [1.165, 1.54) is 6.07 Å². The summed E-state index contributed by atoms with van der Waals surface area (Å²) in [6.07, 6.45) is 3.51. The zero-order chi connectivity index (χ0) is 12.8. The zero-order valence-electron chi connectivity index (χ0n) is 10.3. The molecule has 0 radical (unpaired) electrons. The van der Waals surface area contributed by atoms with Crippen LogP contribution in [0.5, 0.6) is 5.75 Å². The highest BCUT2D eigenvalue weighted by molar-refractivity contribution is 5.23. The van der Waals surface area contributed by atoms with Crippen molar-refractivity contribution in [1.82, 2.24) is 14.9 Å². The van der Waals surface area contributed by atoms with Crippen LogP contribution in [0.15, 0.2) is 36.7 Å². The molecule has 4 nitrogen and oxygen atoms in total. The lowest BCUT2D eigenvalue weighted by Crippen LogP contribution is -2.24. The summed E-state index contributed by atoms with van der Waals surface area (Å²) in [7, 11) is 1.97. The molecule has 1 heterocycles. The SMILES string of the molecule is CN(CCOc1ccccc1F)Cc1ncc[nH]1. The predicted octanol–water partition coefficient (Wildman–Crippen LogP) is 2.06. The van der Waals surface area contributed by atoms with Crippen LogP contribution in [-0.2, 0) is 6.54 Å². The van der Waals surface area contributed by atoms with Crippen molar-refractivity contribution < 1.29 is 9.13 Å². The molecular weight excluding hydrogens is 233 g/mol. The molecule has 2 aromatic rings. The van der Waals surface area contributed by atoms with E-state index >= 15 is 0 Å². The summed E-state index contributed by atoms with van der Waals surface area (Å²) >= 11 is 0. The van der Waals surface area contributed by atoms with Gasteiger partial charge in [-0.2, -0.15) is 0 Å². The van der Waals surface area contributed by atoms with Gasteiger partial charge < -0.3 is 9.72 Å². The number of nitrogens with zero attached hydrogens (tertiary/aromatic N) is 2. The Morgan fingerprint density at radius 2 is 2.22 bits per heavy atom. The molecule has 0 saturated carbocycles. The lowest BCUT2D eigenvalue weighted by atomic mass is 10.3. The molecule has 0 amide bonds. The van der Waals surface area contributed by atoms with Crippen LogP contribution in [0, 0.1) is 5.82 Å². The molecule has 0 aliphatic carbocycles. The average molecular weight is 249 g/mol. The first-order chi connectivity index (χ1) is 8.75. The molecular formula is C13H16FN3O. The molecule has 0 saturated heterocycles. The Morgan fingerprint density at radius 1 is 1.39 bits per heavy atom. The second kappa shape index (κ2) is 6.16. The summed E-state index contributed by atoms with van der Waals surface area (Å²) in [5, 5.41) is 0. The molecule has 2 rings (SSSR count). The van der Waals surface area contributed by atoms with Gasteiger partial charge in [0.2, 0.25) is 0 Å². The third-order valence-corrected chi connectivity index (χ3v) is 2.54. The quantitative estimate of drug-likeness (QED) is 0.852. The van der Waals surface area contributed by atoms with Gasteiger partial charge in [-0.1, -0.05) is 12.1 Å². The van der Waals surface area contributed by atoms with E-state index in [9.17, 15) is 4.39 Å². The van der Waals surface area contributed by atoms with Crippen molar-refractivity contribution in [1.29, 1.82) is 0 Å². The van der Waals surface area contributed by atoms with Gasteiger partial charge in [0.25, 0.3) is 0 Å². The largest absolute Gasteiger partial charge is 0.489 e. The van der Waals surface area contributed by atoms with Crippen LogP contribution >= 0.6 is 0 Å². The van der Waals surface area contributed by atoms with Crippen LogP contribution in [0.3, 0.4) is 0 Å². The molecule has 1 aromatic carbocycles. The summed E-state index contributed by atoms with van der Waals surface area (Å²) in [6, 6.07) is 6.42. The predicted molar refractivity (Wildman–Crippen MR) is 66.8 cm³/mol. The minimum Gasteiger partial charge on any atom is -0.489 e. The van der Waals surface area contributed by atoms with Crippen molar-refractivity contribution in [2.75, 3.05) is 20.2 Å². The average Bonchev–Trinajstić information content (AvgIpc) is 2.84. The number of aromatic amines is 1. The Labute approximate surface area is 105 Å². The Balaban J connectivity index is 1.74. The zero-order valence-corrected chi connectivity index (χ0v) is 10.3. The molecule has 0 bridgehead atoms. The number of benzene rings is 1. The number of imidazole rings is 1. The molecule has 5 heteroatoms. The normalized spacial score (nSPS) is 10.8. The van der Waals surface area contributed by atoms with Crippen molar-refractivity contribution in [3.63, 3.8) is 0 Å². The lowest BCUT2D eigenvalue weighted by molar-refractivity contribution is 0.224. The Morgan fingerprint density at radius 3 is 2.94 bits per heavy atom. The fraction of sp³-hybridized carbons (Fsp3) is 0.308. The highest BCUT2D eigenvalue weighted by atomic mass is 19.1. The third-order valence-electron chi connectivity index (χ3n) is 2.54. The number of likely N-dealkylation sites (N-methyl/N-ethyl adjacent to an activating group) is 1. The topological polar surface area (TPSA) is 41.1 Å². The fourth-order valence-corrected chi connectivity index (χ4v) is 1.59. The Hall–Kier alpha value is -1.88. The third kappa shape index (κ3) is 3.56. The summed E-state index contributed by atoms with van der Waals surface area (Å²) in [5.74, 6) is 0.874. The molecule has 96 valence electrons. The second-order valence-electron chi connectivity index (χ2n) is 4.05. The standard InChI is InChI=1S/C13H16FN3O/c1-17(10-13-15-6-7-16-13)8-9-18-12-5-3-2-4-11(12)14/h2-7H,8-10H2,1H3,(H,15,16). The summed E-state index contributed by atoms with van der Waals surface area (Å²) < 4.78 is 18.6. The number of aromatic nitrogens is 2. The first-order valence-corrected chi connectivity index (χ1v) is 5.80. The summed E-state index contributed by atoms with van der Waals surface area (Å²) in [5.41, 5.74) is 0. The van der Waals surface area contributed by atoms with E-state index in [0.29, 0.717) is 25.4 Å². The number of rotatable bonds is 6. The van der Waals surface area contributed by atoms with E-state index in [1.54, 1.807) is 30.6 Å². The number of para-hydroxylation sites is 1. The summed E-state index contributed by atoms with van der Waals surface area (Å²) in [6.45, 7) is 1.86. The monoisotopic (exact) mass is 249 g/mol. The number of H-pyrrole nitrogens is 1. The van der Waals surface area contributed by atoms with Crippen LogP contribution in [0.1, 0.15) is 5.82 Å². The molecule has 1 aromatic heterocycles. The van der Waals surface area contributed by atoms with Gasteiger partial charge in [0.15, 0.2) is 11.6 Å². The van der Waals surface area contributed by atoms with Crippen LogP contribution in [0.4, 0.5) is 4.39 Å². The van der Waals surface area contributed by atoms with E-state index in [4.69, 9.17) is 4.74 Å². The van der Waals surface area contributed by atoms with Gasteiger partial charge >= 0.3 is 0 Å². The van der Waals surface area contributed by atoms with Crippen LogP contribution in [0.25, 0.3) is 0 Å². The maximum absolute atomic E-state index is 13.3. The summed E-state index contributed by atoms with van der Waals surface area (Å²) in [4.78, 5) is 9.23. The van der Waals surface area contributed by atoms with Crippen molar-refractivity contribution >= 4 is 0 Å². The number of hydrogen-bond donors (Lipinski definition) is 1. The molecule has 18 heavy (non-hydrogen) atoms. The molecule has 0 aliphatic rings. The van der Waals surface area contributed by atoms with E-state index in [0.717, 1.165) is 5.82 Å². The molecule has 0 aliphatic heterocycles. The van der Waals surface area contributed by atoms with Gasteiger partial charge in [-0.15, -0.1) is 0 Å². The van der Waals surface area contributed by atoms with Gasteiger partial charge in [-0.3, -0.25) is 4.90 Å². The molecule has 0 unspecified atom stereocenters. The molecule has 1 N–H and O–H groups in total. The molecule has 0 atom stereocenters. The number of hydrogen-bond acceptors (Lipinski definition) is 3. The van der Waals surface area contributed by atoms with Crippen LogP contribution in [0.2, 0.25) is 0 Å². The van der Waals surface area contributed by atoms with Crippen molar-refractivity contribution in [3.8, 4) is 5.75 Å². The Bertz CT molecular complexity index is 473. The van der Waals surface area contributed by atoms with E-state index < -0.39 is 0 Å². The van der Waals surface area contributed by atoms with Gasteiger partial charge in [0, 0.05) is 18.9 Å². The number of halogens is 1. The van der Waals surface area contributed by atoms with E-state index in [2.05, 4.69) is 14.9 Å². The maximum Gasteiger partial charge on any atom is 0.165 e. The van der Waals surface area contributed by atoms with E-state index in [1.807, 2.05) is 7.05 Å². The van der Waals surface area contributed by atoms with Gasteiger partial charge in [-0.25, -0.2) is 9.37 Å². The Kier molecular flexibility index (Phi) is 4.30. The van der Waals surface area contributed by atoms with Crippen LogP contribution < -0.4 is 4.74 Å². The van der Waals surface area contributed by atoms with Crippen molar-refractivity contribution in [2.24, 2.45) is 0 Å². The first-order valence-electron chi connectivity index (χ1n) is 5.80. The number of ether oxygens (including phenoxy) is 1. The van der Waals surface area contributed by atoms with Gasteiger partial charge in [-0.05, 0) is 19.2 Å². The minimum atomic E-state index is -0.328. The highest BCUT2D eigenvalue weighted by Gasteiger charge is 2.04.